The molecule has 0 aliphatic carbocycles. The summed E-state index contributed by atoms with van der Waals surface area (Å²) in [5, 5.41) is 8.91. The van der Waals surface area contributed by atoms with E-state index in [4.69, 9.17) is 5.11 Å². The van der Waals surface area contributed by atoms with Crippen molar-refractivity contribution in [1.82, 2.24) is 4.98 Å². The maximum atomic E-state index is 10.9. The van der Waals surface area contributed by atoms with E-state index in [-0.39, 0.29) is 5.69 Å². The van der Waals surface area contributed by atoms with Crippen LogP contribution in [0, 0.1) is 3.57 Å². The number of aromatic carboxylic acids is 1. The van der Waals surface area contributed by atoms with Crippen molar-refractivity contribution in [2.45, 2.75) is 0 Å². The third-order valence-corrected chi connectivity index (χ3v) is 3.47. The van der Waals surface area contributed by atoms with Crippen molar-refractivity contribution in [2.24, 2.45) is 0 Å². The van der Waals surface area contributed by atoms with Crippen molar-refractivity contribution >= 4 is 39.9 Å². The Morgan fingerprint density at radius 1 is 1.33 bits per heavy atom. The molecule has 0 spiro atoms. The summed E-state index contributed by atoms with van der Waals surface area (Å²) in [6.07, 6.45) is 0. The molecule has 0 radical (unpaired) electrons. The van der Waals surface area contributed by atoms with Crippen LogP contribution in [0.2, 0.25) is 0 Å². The molecule has 0 unspecified atom stereocenters. The van der Waals surface area contributed by atoms with Gasteiger partial charge < -0.3 is 5.11 Å². The number of carbonyl (C=O) groups is 1. The van der Waals surface area contributed by atoms with Crippen LogP contribution in [0.3, 0.4) is 0 Å². The minimum absolute atomic E-state index is 0.126. The van der Waals surface area contributed by atoms with Crippen molar-refractivity contribution in [3.05, 3.63) is 39.0 Å². The highest BCUT2D eigenvalue weighted by molar-refractivity contribution is 14.1. The summed E-state index contributed by atoms with van der Waals surface area (Å²) in [5.74, 6) is -0.982. The van der Waals surface area contributed by atoms with Crippen LogP contribution in [0.15, 0.2) is 29.8 Å². The average molecular weight is 331 g/mol. The number of halogens is 1. The third kappa shape index (κ3) is 2.18. The summed E-state index contributed by atoms with van der Waals surface area (Å²) in [6.45, 7) is 0. The fraction of sp³-hybridized carbons (Fsp3) is 0. The number of nitrogens with zero attached hydrogens (tertiary/aromatic N) is 1. The molecule has 76 valence electrons. The smallest absolute Gasteiger partial charge is 0.356 e. The number of rotatable bonds is 2. The molecule has 1 heterocycles. The molecule has 0 saturated carbocycles. The quantitative estimate of drug-likeness (QED) is 0.861. The van der Waals surface area contributed by atoms with Crippen LogP contribution in [0.5, 0.6) is 0 Å². The van der Waals surface area contributed by atoms with Crippen LogP contribution in [0.1, 0.15) is 10.5 Å². The predicted octanol–water partition coefficient (Wildman–Crippen LogP) is 3.11. The van der Waals surface area contributed by atoms with E-state index in [1.165, 1.54) is 11.3 Å². The van der Waals surface area contributed by atoms with Gasteiger partial charge in [-0.15, -0.1) is 11.3 Å². The number of thiazole rings is 1. The molecular weight excluding hydrogens is 325 g/mol. The summed E-state index contributed by atoms with van der Waals surface area (Å²) in [6, 6.07) is 7.70. The van der Waals surface area contributed by atoms with Crippen molar-refractivity contribution in [2.75, 3.05) is 0 Å². The van der Waals surface area contributed by atoms with Crippen LogP contribution in [-0.4, -0.2) is 16.1 Å². The van der Waals surface area contributed by atoms with E-state index in [1.54, 1.807) is 5.51 Å². The van der Waals surface area contributed by atoms with Crippen molar-refractivity contribution in [3.63, 3.8) is 0 Å². The number of benzene rings is 1. The van der Waals surface area contributed by atoms with Gasteiger partial charge >= 0.3 is 5.97 Å². The first kappa shape index (κ1) is 10.6. The zero-order valence-electron chi connectivity index (χ0n) is 7.48. The van der Waals surface area contributed by atoms with E-state index in [9.17, 15) is 4.79 Å². The van der Waals surface area contributed by atoms with Gasteiger partial charge in [0.05, 0.1) is 10.4 Å². The SMILES string of the molecule is O=C(O)c1ncsc1-c1ccc(I)cc1. The lowest BCUT2D eigenvalue weighted by Crippen LogP contribution is -1.98. The third-order valence-electron chi connectivity index (χ3n) is 1.88. The van der Waals surface area contributed by atoms with Gasteiger partial charge in [0.1, 0.15) is 0 Å². The highest BCUT2D eigenvalue weighted by atomic mass is 127. The maximum Gasteiger partial charge on any atom is 0.356 e. The molecule has 2 aromatic rings. The average Bonchev–Trinajstić information content (AvgIpc) is 2.67. The monoisotopic (exact) mass is 331 g/mol. The van der Waals surface area contributed by atoms with Gasteiger partial charge in [-0.2, -0.15) is 0 Å². The molecule has 0 bridgehead atoms. The Balaban J connectivity index is 2.49. The summed E-state index contributed by atoms with van der Waals surface area (Å²) in [7, 11) is 0. The van der Waals surface area contributed by atoms with Crippen LogP contribution >= 0.6 is 33.9 Å². The zero-order chi connectivity index (χ0) is 10.8. The number of carboxylic acids is 1. The first-order valence-electron chi connectivity index (χ1n) is 4.11. The number of aromatic nitrogens is 1. The molecule has 2 rings (SSSR count). The summed E-state index contributed by atoms with van der Waals surface area (Å²) < 4.78 is 1.12. The van der Waals surface area contributed by atoms with E-state index >= 15 is 0 Å². The van der Waals surface area contributed by atoms with Gasteiger partial charge in [0, 0.05) is 3.57 Å². The van der Waals surface area contributed by atoms with Gasteiger partial charge in [0.15, 0.2) is 5.69 Å². The number of carboxylic acid groups (broad SMARTS) is 1. The van der Waals surface area contributed by atoms with E-state index in [1.807, 2.05) is 24.3 Å². The molecule has 0 aliphatic heterocycles. The highest BCUT2D eigenvalue weighted by Crippen LogP contribution is 2.27. The van der Waals surface area contributed by atoms with E-state index < -0.39 is 5.97 Å². The minimum Gasteiger partial charge on any atom is -0.476 e. The molecule has 15 heavy (non-hydrogen) atoms. The molecule has 3 nitrogen and oxygen atoms in total. The van der Waals surface area contributed by atoms with Gasteiger partial charge in [0.25, 0.3) is 0 Å². The molecule has 1 aromatic heterocycles. The second-order valence-corrected chi connectivity index (χ2v) is 4.94. The Bertz CT molecular complexity index is 492. The Labute approximate surface area is 104 Å². The first-order chi connectivity index (χ1) is 7.18. The second kappa shape index (κ2) is 4.28. The zero-order valence-corrected chi connectivity index (χ0v) is 10.4. The van der Waals surface area contributed by atoms with Gasteiger partial charge in [0.2, 0.25) is 0 Å². The predicted molar refractivity (Wildman–Crippen MR) is 67.2 cm³/mol. The summed E-state index contributed by atoms with van der Waals surface area (Å²) in [4.78, 5) is 15.4. The summed E-state index contributed by atoms with van der Waals surface area (Å²) >= 11 is 3.55. The number of hydrogen-bond acceptors (Lipinski definition) is 3. The second-order valence-electron chi connectivity index (χ2n) is 2.84. The molecule has 1 N–H and O–H groups in total. The molecule has 0 amide bonds. The molecular formula is C10H6INO2S. The fourth-order valence-corrected chi connectivity index (χ4v) is 2.35. The van der Waals surface area contributed by atoms with E-state index in [2.05, 4.69) is 27.6 Å². The molecule has 0 fully saturated rings. The topological polar surface area (TPSA) is 50.2 Å². The molecule has 0 atom stereocenters. The lowest BCUT2D eigenvalue weighted by Gasteiger charge is -1.98. The first-order valence-corrected chi connectivity index (χ1v) is 6.07. The van der Waals surface area contributed by atoms with Crippen LogP contribution in [-0.2, 0) is 0 Å². The van der Waals surface area contributed by atoms with Gasteiger partial charge in [-0.05, 0) is 40.3 Å². The highest BCUT2D eigenvalue weighted by Gasteiger charge is 2.14. The molecule has 0 aliphatic rings. The normalized spacial score (nSPS) is 10.2. The maximum absolute atomic E-state index is 10.9. The Kier molecular flexibility index (Phi) is 3.01. The number of hydrogen-bond donors (Lipinski definition) is 1. The Morgan fingerprint density at radius 3 is 2.60 bits per heavy atom. The van der Waals surface area contributed by atoms with Crippen LogP contribution in [0.25, 0.3) is 10.4 Å². The molecule has 0 saturated heterocycles. The fourth-order valence-electron chi connectivity index (χ4n) is 1.20. The Hall–Kier alpha value is -0.950. The lowest BCUT2D eigenvalue weighted by atomic mass is 10.1. The largest absolute Gasteiger partial charge is 0.476 e. The minimum atomic E-state index is -0.982. The van der Waals surface area contributed by atoms with Crippen molar-refractivity contribution < 1.29 is 9.90 Å². The van der Waals surface area contributed by atoms with Gasteiger partial charge in [-0.25, -0.2) is 9.78 Å². The van der Waals surface area contributed by atoms with Crippen LogP contribution in [0.4, 0.5) is 0 Å². The standard InChI is InChI=1S/C10H6INO2S/c11-7-3-1-6(2-4-7)9-8(10(13)14)12-5-15-9/h1-5H,(H,13,14). The van der Waals surface area contributed by atoms with Gasteiger partial charge in [-0.1, -0.05) is 12.1 Å². The van der Waals surface area contributed by atoms with Crippen LogP contribution < -0.4 is 0 Å². The summed E-state index contributed by atoms with van der Waals surface area (Å²) in [5.41, 5.74) is 2.58. The van der Waals surface area contributed by atoms with E-state index in [0.29, 0.717) is 4.88 Å². The van der Waals surface area contributed by atoms with Crippen molar-refractivity contribution in [3.8, 4) is 10.4 Å². The van der Waals surface area contributed by atoms with Crippen molar-refractivity contribution in [1.29, 1.82) is 0 Å². The molecule has 1 aromatic carbocycles. The molecule has 5 heteroatoms. The van der Waals surface area contributed by atoms with E-state index in [0.717, 1.165) is 9.13 Å². The lowest BCUT2D eigenvalue weighted by molar-refractivity contribution is 0.0692. The van der Waals surface area contributed by atoms with Gasteiger partial charge in [-0.3, -0.25) is 0 Å². The Morgan fingerprint density at radius 2 is 2.00 bits per heavy atom.